The molecule has 126 valence electrons. The van der Waals surface area contributed by atoms with Crippen molar-refractivity contribution >= 4 is 11.8 Å². The third kappa shape index (κ3) is 3.66. The molecular formula is C20H18N2O3. The zero-order valence-corrected chi connectivity index (χ0v) is 14.0. The first-order valence-electron chi connectivity index (χ1n) is 7.89. The Morgan fingerprint density at radius 3 is 2.28 bits per heavy atom. The van der Waals surface area contributed by atoms with E-state index in [9.17, 15) is 9.59 Å². The van der Waals surface area contributed by atoms with Crippen molar-refractivity contribution in [2.24, 2.45) is 7.05 Å². The van der Waals surface area contributed by atoms with E-state index in [-0.39, 0.29) is 5.78 Å². The highest BCUT2D eigenvalue weighted by atomic mass is 16.5. The number of benzene rings is 1. The fourth-order valence-electron chi connectivity index (χ4n) is 2.62. The summed E-state index contributed by atoms with van der Waals surface area (Å²) in [5.41, 5.74) is 2.51. The number of hydrogen-bond acceptors (Lipinski definition) is 4. The number of aryl methyl sites for hydroxylation is 1. The van der Waals surface area contributed by atoms with Crippen LogP contribution < -0.4 is 0 Å². The van der Waals surface area contributed by atoms with Gasteiger partial charge in [-0.2, -0.15) is 0 Å². The van der Waals surface area contributed by atoms with Crippen molar-refractivity contribution < 1.29 is 14.3 Å². The second kappa shape index (κ2) is 7.13. The lowest BCUT2D eigenvalue weighted by atomic mass is 10.0. The van der Waals surface area contributed by atoms with Crippen LogP contribution in [0.15, 0.2) is 67.1 Å². The summed E-state index contributed by atoms with van der Waals surface area (Å²) in [5.74, 6) is -0.580. The van der Waals surface area contributed by atoms with Crippen molar-refractivity contribution in [1.82, 2.24) is 9.55 Å². The normalized spacial score (nSPS) is 11.8. The Balaban J connectivity index is 1.93. The molecule has 0 saturated heterocycles. The van der Waals surface area contributed by atoms with Gasteiger partial charge in [0.25, 0.3) is 0 Å². The third-order valence-corrected chi connectivity index (χ3v) is 3.96. The molecule has 1 aromatic carbocycles. The molecule has 0 unspecified atom stereocenters. The topological polar surface area (TPSA) is 61.2 Å². The summed E-state index contributed by atoms with van der Waals surface area (Å²) in [7, 11) is 1.72. The third-order valence-electron chi connectivity index (χ3n) is 3.96. The molecule has 0 fully saturated rings. The molecule has 0 radical (unpaired) electrons. The van der Waals surface area contributed by atoms with Crippen LogP contribution >= 0.6 is 0 Å². The first kappa shape index (κ1) is 16.6. The van der Waals surface area contributed by atoms with Crippen molar-refractivity contribution in [2.75, 3.05) is 0 Å². The Bertz CT molecular complexity index is 846. The number of rotatable bonds is 5. The minimum absolute atomic E-state index is 0.0941. The molecule has 0 aliphatic carbocycles. The molecule has 5 nitrogen and oxygen atoms in total. The molecule has 0 N–H and O–H groups in total. The highest BCUT2D eigenvalue weighted by Gasteiger charge is 2.22. The van der Waals surface area contributed by atoms with Crippen molar-refractivity contribution in [3.63, 3.8) is 0 Å². The van der Waals surface area contributed by atoms with Crippen molar-refractivity contribution in [3.8, 4) is 0 Å². The molecule has 2 aromatic heterocycles. The Kier molecular flexibility index (Phi) is 4.75. The molecule has 0 aliphatic rings. The van der Waals surface area contributed by atoms with Gasteiger partial charge in [0.2, 0.25) is 0 Å². The molecule has 1 atom stereocenters. The number of Topliss-reactive ketones (excluding diaryl/α,β-unsaturated/α-hetero) is 1. The lowest BCUT2D eigenvalue weighted by Crippen LogP contribution is -2.15. The van der Waals surface area contributed by atoms with Crippen LogP contribution in [0, 0.1) is 0 Å². The zero-order valence-electron chi connectivity index (χ0n) is 14.0. The lowest BCUT2D eigenvalue weighted by Gasteiger charge is -2.19. The number of carbonyl (C=O) groups excluding carboxylic acids is 2. The van der Waals surface area contributed by atoms with E-state index < -0.39 is 12.1 Å². The van der Waals surface area contributed by atoms with Crippen molar-refractivity contribution in [2.45, 2.75) is 13.0 Å². The van der Waals surface area contributed by atoms with E-state index in [1.807, 2.05) is 42.5 Å². The van der Waals surface area contributed by atoms with Gasteiger partial charge in [-0.1, -0.05) is 30.3 Å². The largest absolute Gasteiger partial charge is 0.448 e. The van der Waals surface area contributed by atoms with E-state index in [4.69, 9.17) is 4.74 Å². The molecule has 3 aromatic rings. The van der Waals surface area contributed by atoms with Crippen LogP contribution in [0.25, 0.3) is 0 Å². The van der Waals surface area contributed by atoms with Gasteiger partial charge in [-0.15, -0.1) is 0 Å². The molecule has 2 heterocycles. The van der Waals surface area contributed by atoms with Crippen LogP contribution in [-0.4, -0.2) is 21.3 Å². The van der Waals surface area contributed by atoms with Gasteiger partial charge in [0.15, 0.2) is 11.9 Å². The number of carbonyl (C=O) groups is 2. The second-order valence-corrected chi connectivity index (χ2v) is 5.76. The van der Waals surface area contributed by atoms with E-state index in [0.717, 1.165) is 11.1 Å². The van der Waals surface area contributed by atoms with Gasteiger partial charge < -0.3 is 9.30 Å². The van der Waals surface area contributed by atoms with E-state index >= 15 is 0 Å². The van der Waals surface area contributed by atoms with E-state index in [1.54, 1.807) is 36.3 Å². The summed E-state index contributed by atoms with van der Waals surface area (Å²) in [6, 6.07) is 14.7. The fourth-order valence-corrected chi connectivity index (χ4v) is 2.62. The van der Waals surface area contributed by atoms with Gasteiger partial charge in [-0.3, -0.25) is 9.78 Å². The summed E-state index contributed by atoms with van der Waals surface area (Å²) in [4.78, 5) is 28.2. The second-order valence-electron chi connectivity index (χ2n) is 5.76. The molecule has 25 heavy (non-hydrogen) atoms. The quantitative estimate of drug-likeness (QED) is 0.529. The monoisotopic (exact) mass is 334 g/mol. The first-order chi connectivity index (χ1) is 12.1. The SMILES string of the molecule is CC(=O)c1cc(C(=O)O[C@H](c2ccccc2)c2ccncc2)n(C)c1. The predicted molar refractivity (Wildman–Crippen MR) is 93.4 cm³/mol. The smallest absolute Gasteiger partial charge is 0.355 e. The van der Waals surface area contributed by atoms with Crippen LogP contribution in [0.5, 0.6) is 0 Å². The zero-order chi connectivity index (χ0) is 17.8. The van der Waals surface area contributed by atoms with Crippen LogP contribution in [0.2, 0.25) is 0 Å². The summed E-state index contributed by atoms with van der Waals surface area (Å²) >= 11 is 0. The van der Waals surface area contributed by atoms with E-state index in [2.05, 4.69) is 4.98 Å². The minimum Gasteiger partial charge on any atom is -0.448 e. The van der Waals surface area contributed by atoms with Gasteiger partial charge in [-0.05, 0) is 30.7 Å². The molecule has 5 heteroatoms. The molecule has 0 spiro atoms. The summed E-state index contributed by atoms with van der Waals surface area (Å²) in [6.45, 7) is 1.47. The Labute approximate surface area is 145 Å². The fraction of sp³-hybridized carbons (Fsp3) is 0.150. The van der Waals surface area contributed by atoms with Gasteiger partial charge in [0.05, 0.1) is 0 Å². The van der Waals surface area contributed by atoms with Crippen molar-refractivity contribution in [3.05, 3.63) is 89.5 Å². The Morgan fingerprint density at radius 1 is 1.04 bits per heavy atom. The molecule has 0 aliphatic heterocycles. The summed E-state index contributed by atoms with van der Waals surface area (Å²) in [5, 5.41) is 0. The van der Waals surface area contributed by atoms with Crippen molar-refractivity contribution in [1.29, 1.82) is 0 Å². The first-order valence-corrected chi connectivity index (χ1v) is 7.89. The summed E-state index contributed by atoms with van der Waals surface area (Å²) in [6.07, 6.45) is 4.40. The molecule has 0 bridgehead atoms. The number of aromatic nitrogens is 2. The average molecular weight is 334 g/mol. The number of nitrogens with zero attached hydrogens (tertiary/aromatic N) is 2. The van der Waals surface area contributed by atoms with E-state index in [0.29, 0.717) is 11.3 Å². The molecule has 0 saturated carbocycles. The number of pyridine rings is 1. The Morgan fingerprint density at radius 2 is 1.68 bits per heavy atom. The standard InChI is InChI=1S/C20H18N2O3/c1-14(23)17-12-18(22(2)13-17)20(24)25-19(15-6-4-3-5-7-15)16-8-10-21-11-9-16/h3-13,19H,1-2H3/t19-/m1/s1. The predicted octanol–water partition coefficient (Wildman–Crippen LogP) is 3.57. The van der Waals surface area contributed by atoms with Gasteiger partial charge in [0, 0.05) is 36.8 Å². The summed E-state index contributed by atoms with van der Waals surface area (Å²) < 4.78 is 7.39. The van der Waals surface area contributed by atoms with Crippen LogP contribution in [0.1, 0.15) is 45.0 Å². The maximum atomic E-state index is 12.7. The highest BCUT2D eigenvalue weighted by Crippen LogP contribution is 2.27. The van der Waals surface area contributed by atoms with Crippen LogP contribution in [0.4, 0.5) is 0 Å². The number of ketones is 1. The number of ether oxygens (including phenoxy) is 1. The highest BCUT2D eigenvalue weighted by molar-refractivity contribution is 5.97. The minimum atomic E-state index is -0.549. The number of hydrogen-bond donors (Lipinski definition) is 0. The number of esters is 1. The van der Waals surface area contributed by atoms with Crippen LogP contribution in [-0.2, 0) is 11.8 Å². The van der Waals surface area contributed by atoms with Crippen LogP contribution in [0.3, 0.4) is 0 Å². The maximum Gasteiger partial charge on any atom is 0.355 e. The van der Waals surface area contributed by atoms with E-state index in [1.165, 1.54) is 6.92 Å². The molecule has 3 rings (SSSR count). The molecule has 0 amide bonds. The lowest BCUT2D eigenvalue weighted by molar-refractivity contribution is 0.0366. The Hall–Kier alpha value is -3.21. The maximum absolute atomic E-state index is 12.7. The van der Waals surface area contributed by atoms with Gasteiger partial charge >= 0.3 is 5.97 Å². The van der Waals surface area contributed by atoms with Gasteiger partial charge in [0.1, 0.15) is 5.69 Å². The van der Waals surface area contributed by atoms with Gasteiger partial charge in [-0.25, -0.2) is 4.79 Å². The molecular weight excluding hydrogens is 316 g/mol. The average Bonchev–Trinajstić information content (AvgIpc) is 3.03.